The molecule has 0 aliphatic heterocycles. The molecule has 7 heteroatoms. The third-order valence-electron chi connectivity index (χ3n) is 1.35. The van der Waals surface area contributed by atoms with Crippen LogP contribution < -0.4 is 5.73 Å². The molecule has 0 aromatic heterocycles. The number of esters is 1. The highest BCUT2D eigenvalue weighted by molar-refractivity contribution is 7.99. The maximum Gasteiger partial charge on any atom is 0.321 e. The van der Waals surface area contributed by atoms with Crippen LogP contribution in [0.1, 0.15) is 13.3 Å². The number of rotatable bonds is 7. The van der Waals surface area contributed by atoms with Crippen molar-refractivity contribution in [2.24, 2.45) is 5.73 Å². The van der Waals surface area contributed by atoms with Gasteiger partial charge in [0.25, 0.3) is 0 Å². The minimum absolute atomic E-state index is 0. The molecule has 0 rings (SSSR count). The standard InChI is InChI=1S/C8H15NO4S.ClH/c1-6(10)13-3-2-4-14-5-7(9)8(11)12;/h7H,2-5,9H2,1H3,(H,11,12);1H/t7-;/m0./s1. The van der Waals surface area contributed by atoms with Crippen LogP contribution in [0.2, 0.25) is 0 Å². The Morgan fingerprint density at radius 1 is 1.53 bits per heavy atom. The molecule has 0 bridgehead atoms. The summed E-state index contributed by atoms with van der Waals surface area (Å²) in [5.74, 6) is -0.154. The maximum atomic E-state index is 10.3. The van der Waals surface area contributed by atoms with Crippen molar-refractivity contribution < 1.29 is 19.4 Å². The van der Waals surface area contributed by atoms with E-state index in [-0.39, 0.29) is 18.4 Å². The smallest absolute Gasteiger partial charge is 0.321 e. The van der Waals surface area contributed by atoms with Crippen LogP contribution in [0.25, 0.3) is 0 Å². The van der Waals surface area contributed by atoms with Gasteiger partial charge in [-0.2, -0.15) is 11.8 Å². The first-order valence-electron chi connectivity index (χ1n) is 4.23. The van der Waals surface area contributed by atoms with Crippen LogP contribution in [0.3, 0.4) is 0 Å². The van der Waals surface area contributed by atoms with Gasteiger partial charge in [-0.1, -0.05) is 0 Å². The van der Waals surface area contributed by atoms with E-state index in [4.69, 9.17) is 15.6 Å². The number of carbonyl (C=O) groups excluding carboxylic acids is 1. The third-order valence-corrected chi connectivity index (χ3v) is 2.53. The number of nitrogens with two attached hydrogens (primary N) is 1. The number of carboxylic acid groups (broad SMARTS) is 1. The quantitative estimate of drug-likeness (QED) is 0.510. The largest absolute Gasteiger partial charge is 0.480 e. The van der Waals surface area contributed by atoms with Crippen LogP contribution in [0.5, 0.6) is 0 Å². The molecule has 1 atom stereocenters. The van der Waals surface area contributed by atoms with E-state index in [1.54, 1.807) is 0 Å². The third kappa shape index (κ3) is 11.5. The van der Waals surface area contributed by atoms with Crippen molar-refractivity contribution in [1.82, 2.24) is 0 Å². The number of thioether (sulfide) groups is 1. The molecule has 3 N–H and O–H groups in total. The van der Waals surface area contributed by atoms with Gasteiger partial charge in [-0.25, -0.2) is 0 Å². The summed E-state index contributed by atoms with van der Waals surface area (Å²) in [5, 5.41) is 8.45. The van der Waals surface area contributed by atoms with Crippen LogP contribution >= 0.6 is 24.2 Å². The van der Waals surface area contributed by atoms with Crippen LogP contribution in [0, 0.1) is 0 Å². The summed E-state index contributed by atoms with van der Waals surface area (Å²) < 4.78 is 4.70. The lowest BCUT2D eigenvalue weighted by atomic mass is 10.4. The highest BCUT2D eigenvalue weighted by atomic mass is 35.5. The Labute approximate surface area is 99.1 Å². The van der Waals surface area contributed by atoms with Crippen LogP contribution in [-0.4, -0.2) is 41.2 Å². The van der Waals surface area contributed by atoms with E-state index >= 15 is 0 Å². The van der Waals surface area contributed by atoms with Gasteiger partial charge in [-0.05, 0) is 12.2 Å². The summed E-state index contributed by atoms with van der Waals surface area (Å²) in [6.07, 6.45) is 0.719. The van der Waals surface area contributed by atoms with Gasteiger partial charge < -0.3 is 15.6 Å². The fourth-order valence-electron chi connectivity index (χ4n) is 0.658. The van der Waals surface area contributed by atoms with Gasteiger partial charge in [0, 0.05) is 12.7 Å². The normalized spacial score (nSPS) is 11.3. The summed E-state index contributed by atoms with van der Waals surface area (Å²) in [5.41, 5.74) is 5.27. The Balaban J connectivity index is 0. The molecule has 0 aromatic carbocycles. The Morgan fingerprint density at radius 2 is 2.13 bits per heavy atom. The molecule has 0 radical (unpaired) electrons. The maximum absolute atomic E-state index is 10.3. The highest BCUT2D eigenvalue weighted by Gasteiger charge is 2.10. The summed E-state index contributed by atoms with van der Waals surface area (Å²) in [4.78, 5) is 20.6. The predicted molar refractivity (Wildman–Crippen MR) is 61.4 cm³/mol. The monoisotopic (exact) mass is 257 g/mol. The molecule has 0 heterocycles. The van der Waals surface area contributed by atoms with Gasteiger partial charge >= 0.3 is 11.9 Å². The molecule has 0 aromatic rings. The van der Waals surface area contributed by atoms with Crippen molar-refractivity contribution in [3.8, 4) is 0 Å². The number of carbonyl (C=O) groups is 2. The zero-order valence-electron chi connectivity index (χ0n) is 8.47. The number of ether oxygens (including phenoxy) is 1. The molecule has 0 spiro atoms. The average molecular weight is 258 g/mol. The van der Waals surface area contributed by atoms with Crippen LogP contribution in [-0.2, 0) is 14.3 Å². The van der Waals surface area contributed by atoms with Gasteiger partial charge in [0.05, 0.1) is 6.61 Å². The first kappa shape index (κ1) is 17.0. The van der Waals surface area contributed by atoms with E-state index in [0.717, 1.165) is 12.2 Å². The fraction of sp³-hybridized carbons (Fsp3) is 0.750. The Bertz CT molecular complexity index is 203. The number of hydrogen-bond donors (Lipinski definition) is 2. The fourth-order valence-corrected chi connectivity index (χ4v) is 1.54. The molecule has 0 saturated carbocycles. The zero-order valence-corrected chi connectivity index (χ0v) is 10.1. The molecule has 0 fully saturated rings. The van der Waals surface area contributed by atoms with E-state index in [9.17, 15) is 9.59 Å². The lowest BCUT2D eigenvalue weighted by Gasteiger charge is -2.05. The number of hydrogen-bond acceptors (Lipinski definition) is 5. The average Bonchev–Trinajstić information content (AvgIpc) is 2.09. The number of carboxylic acids is 1. The Morgan fingerprint density at radius 3 is 2.60 bits per heavy atom. The van der Waals surface area contributed by atoms with Crippen molar-refractivity contribution in [2.45, 2.75) is 19.4 Å². The Kier molecular flexibility index (Phi) is 11.4. The van der Waals surface area contributed by atoms with Crippen LogP contribution in [0.15, 0.2) is 0 Å². The molecule has 15 heavy (non-hydrogen) atoms. The van der Waals surface area contributed by atoms with Gasteiger partial charge in [0.1, 0.15) is 6.04 Å². The second-order valence-corrected chi connectivity index (χ2v) is 3.86. The van der Waals surface area contributed by atoms with Gasteiger partial charge in [-0.15, -0.1) is 12.4 Å². The van der Waals surface area contributed by atoms with Gasteiger partial charge in [0.15, 0.2) is 0 Å². The van der Waals surface area contributed by atoms with Gasteiger partial charge in [-0.3, -0.25) is 9.59 Å². The molecule has 0 aliphatic carbocycles. The van der Waals surface area contributed by atoms with Crippen molar-refractivity contribution in [3.63, 3.8) is 0 Å². The lowest BCUT2D eigenvalue weighted by Crippen LogP contribution is -2.32. The summed E-state index contributed by atoms with van der Waals surface area (Å²) >= 11 is 1.44. The van der Waals surface area contributed by atoms with E-state index in [2.05, 4.69) is 0 Å². The second-order valence-electron chi connectivity index (χ2n) is 2.71. The molecular weight excluding hydrogens is 242 g/mol. The molecule has 0 unspecified atom stereocenters. The minimum Gasteiger partial charge on any atom is -0.480 e. The van der Waals surface area contributed by atoms with E-state index in [1.165, 1.54) is 18.7 Å². The number of aliphatic carboxylic acids is 1. The topological polar surface area (TPSA) is 89.6 Å². The first-order chi connectivity index (χ1) is 6.54. The molecular formula is C8H16ClNO4S. The summed E-state index contributed by atoms with van der Waals surface area (Å²) in [6, 6.07) is -0.811. The molecule has 5 nitrogen and oxygen atoms in total. The van der Waals surface area contributed by atoms with Crippen molar-refractivity contribution >= 4 is 36.1 Å². The van der Waals surface area contributed by atoms with Crippen molar-refractivity contribution in [3.05, 3.63) is 0 Å². The van der Waals surface area contributed by atoms with Crippen molar-refractivity contribution in [2.75, 3.05) is 18.1 Å². The SMILES string of the molecule is CC(=O)OCCCSC[C@H](N)C(=O)O.Cl. The highest BCUT2D eigenvalue weighted by Crippen LogP contribution is 2.04. The number of halogens is 1. The molecule has 0 aliphatic rings. The second kappa shape index (κ2) is 10.1. The molecule has 0 amide bonds. The van der Waals surface area contributed by atoms with Gasteiger partial charge in [0.2, 0.25) is 0 Å². The molecule has 0 saturated heterocycles. The van der Waals surface area contributed by atoms with Crippen LogP contribution in [0.4, 0.5) is 0 Å². The molecule has 90 valence electrons. The van der Waals surface area contributed by atoms with E-state index in [0.29, 0.717) is 12.4 Å². The van der Waals surface area contributed by atoms with Crippen molar-refractivity contribution in [1.29, 1.82) is 0 Å². The lowest BCUT2D eigenvalue weighted by molar-refractivity contribution is -0.141. The van der Waals surface area contributed by atoms with E-state index in [1.807, 2.05) is 0 Å². The minimum atomic E-state index is -0.988. The summed E-state index contributed by atoms with van der Waals surface area (Å²) in [7, 11) is 0. The first-order valence-corrected chi connectivity index (χ1v) is 5.39. The predicted octanol–water partition coefficient (Wildman–Crippen LogP) is 0.506. The summed E-state index contributed by atoms with van der Waals surface area (Å²) in [6.45, 7) is 1.73. The zero-order chi connectivity index (χ0) is 11.0. The Hall–Kier alpha value is -0.460. The van der Waals surface area contributed by atoms with E-state index < -0.39 is 12.0 Å².